The standard InChI is InChI=1S/Cd.Cr.4H2O/h;;4*1H2/q+2;;;;;/p-2. The van der Waals surface area contributed by atoms with Gasteiger partial charge in [-0.05, 0) is 0 Å². The van der Waals surface area contributed by atoms with Crippen LogP contribution < -0.4 is 0 Å². The second-order valence-electron chi connectivity index (χ2n) is 0. The van der Waals surface area contributed by atoms with Gasteiger partial charge in [0.15, 0.2) is 0 Å². The Morgan fingerprint density at radius 2 is 0.667 bits per heavy atom. The third-order valence-electron chi connectivity index (χ3n) is 0. The van der Waals surface area contributed by atoms with Gasteiger partial charge in [0, 0.05) is 17.4 Å². The predicted molar refractivity (Wildman–Crippen MR) is 11.1 cm³/mol. The largest absolute Gasteiger partial charge is 2.00 e. The minimum atomic E-state index is 0. The van der Waals surface area contributed by atoms with E-state index in [9.17, 15) is 0 Å². The summed E-state index contributed by atoms with van der Waals surface area (Å²) in [5.74, 6) is 0. The molecule has 0 heterocycles. The summed E-state index contributed by atoms with van der Waals surface area (Å²) in [5.41, 5.74) is 0. The van der Waals surface area contributed by atoms with Crippen LogP contribution in [0.1, 0.15) is 0 Å². The average Bonchev–Trinajstić information content (AvgIpc) is 0. The van der Waals surface area contributed by atoms with Gasteiger partial charge in [0.25, 0.3) is 0 Å². The second kappa shape index (κ2) is 105. The summed E-state index contributed by atoms with van der Waals surface area (Å²) >= 11 is 0. The Kier molecular flexibility index (Phi) is 3030. The van der Waals surface area contributed by atoms with E-state index in [2.05, 4.69) is 0 Å². The Bertz CT molecular complexity index is 7.51. The molecule has 6 N–H and O–H groups in total. The maximum absolute atomic E-state index is 0. The first-order valence-corrected chi connectivity index (χ1v) is 0. The molecule has 0 radical (unpaired) electrons. The van der Waals surface area contributed by atoms with Gasteiger partial charge < -0.3 is 21.9 Å². The molecular formula is H6CdCrO4. The van der Waals surface area contributed by atoms with E-state index >= 15 is 0 Å². The van der Waals surface area contributed by atoms with Crippen LogP contribution in [0.5, 0.6) is 0 Å². The monoisotopic (exact) mass is 236 g/mol. The molecule has 0 rings (SSSR count). The van der Waals surface area contributed by atoms with E-state index < -0.39 is 0 Å². The predicted octanol–water partition coefficient (Wildman–Crippen LogP) is -2.01. The molecule has 0 aromatic heterocycles. The Labute approximate surface area is 66.4 Å². The number of hydrogen-bond acceptors (Lipinski definition) is 2. The number of rotatable bonds is 0. The molecule has 0 saturated heterocycles. The zero-order valence-corrected chi connectivity index (χ0v) is 8.32. The Hall–Kier alpha value is 1.29. The Balaban J connectivity index is 0. The molecule has 6 heteroatoms. The third-order valence-corrected chi connectivity index (χ3v) is 0. The van der Waals surface area contributed by atoms with E-state index in [1.807, 2.05) is 0 Å². The van der Waals surface area contributed by atoms with Crippen LogP contribution in [-0.2, 0) is 44.7 Å². The van der Waals surface area contributed by atoms with E-state index in [-0.39, 0.29) is 66.6 Å². The summed E-state index contributed by atoms with van der Waals surface area (Å²) in [4.78, 5) is 0. The van der Waals surface area contributed by atoms with Crippen molar-refractivity contribution in [3.05, 3.63) is 0 Å². The van der Waals surface area contributed by atoms with Crippen molar-refractivity contribution in [2.24, 2.45) is 0 Å². The van der Waals surface area contributed by atoms with Crippen molar-refractivity contribution < 1.29 is 66.6 Å². The van der Waals surface area contributed by atoms with Gasteiger partial charge in [0.2, 0.25) is 0 Å². The third kappa shape index (κ3) is 58.3. The van der Waals surface area contributed by atoms with Crippen LogP contribution in [0.4, 0.5) is 0 Å². The minimum Gasteiger partial charge on any atom is -0.870 e. The van der Waals surface area contributed by atoms with Gasteiger partial charge in [-0.25, -0.2) is 0 Å². The maximum Gasteiger partial charge on any atom is 2.00 e. The summed E-state index contributed by atoms with van der Waals surface area (Å²) in [6.07, 6.45) is 0. The molecule has 0 aliphatic heterocycles. The van der Waals surface area contributed by atoms with Gasteiger partial charge in [-0.1, -0.05) is 0 Å². The fourth-order valence-electron chi connectivity index (χ4n) is 0. The van der Waals surface area contributed by atoms with Crippen molar-refractivity contribution in [3.63, 3.8) is 0 Å². The van der Waals surface area contributed by atoms with Crippen LogP contribution in [0.2, 0.25) is 0 Å². The van der Waals surface area contributed by atoms with Crippen LogP contribution in [0.3, 0.4) is 0 Å². The Morgan fingerprint density at radius 1 is 0.667 bits per heavy atom. The van der Waals surface area contributed by atoms with E-state index in [1.165, 1.54) is 0 Å². The van der Waals surface area contributed by atoms with Crippen LogP contribution >= 0.6 is 0 Å². The van der Waals surface area contributed by atoms with E-state index in [0.717, 1.165) is 0 Å². The molecule has 0 aliphatic rings. The van der Waals surface area contributed by atoms with E-state index in [0.29, 0.717) is 0 Å². The van der Waals surface area contributed by atoms with Crippen molar-refractivity contribution in [3.8, 4) is 0 Å². The van der Waals surface area contributed by atoms with Gasteiger partial charge in [-0.2, -0.15) is 0 Å². The molecule has 38 valence electrons. The first kappa shape index (κ1) is 172. The van der Waals surface area contributed by atoms with Gasteiger partial charge >= 0.3 is 27.3 Å². The summed E-state index contributed by atoms with van der Waals surface area (Å²) < 4.78 is 0. The fraction of sp³-hybridized carbons (Fsp3) is 0. The molecular weight excluding hydrogens is 228 g/mol. The SMILES string of the molecule is O.O.[Cd+2].[Cr].[OH-].[OH-]. The molecule has 4 nitrogen and oxygen atoms in total. The topological polar surface area (TPSA) is 123 Å². The van der Waals surface area contributed by atoms with Crippen molar-refractivity contribution >= 4 is 0 Å². The second-order valence-corrected chi connectivity index (χ2v) is 0. The first-order valence-electron chi connectivity index (χ1n) is 0. The maximum atomic E-state index is 0. The van der Waals surface area contributed by atoms with Crippen LogP contribution in [0.25, 0.3) is 0 Å². The number of hydrogen-bond donors (Lipinski definition) is 0. The molecule has 0 fully saturated rings. The smallest absolute Gasteiger partial charge is 0.870 e. The van der Waals surface area contributed by atoms with Crippen molar-refractivity contribution in [2.45, 2.75) is 0 Å². The molecule has 6 heavy (non-hydrogen) atoms. The quantitative estimate of drug-likeness (QED) is 0.450. The van der Waals surface area contributed by atoms with Gasteiger partial charge in [0.05, 0.1) is 0 Å². The van der Waals surface area contributed by atoms with Gasteiger partial charge in [-0.3, -0.25) is 0 Å². The Morgan fingerprint density at radius 3 is 0.667 bits per heavy atom. The van der Waals surface area contributed by atoms with Crippen molar-refractivity contribution in [1.82, 2.24) is 0 Å². The average molecular weight is 234 g/mol. The summed E-state index contributed by atoms with van der Waals surface area (Å²) in [5, 5.41) is 0. The molecule has 0 aliphatic carbocycles. The van der Waals surface area contributed by atoms with Crippen molar-refractivity contribution in [2.75, 3.05) is 0 Å². The molecule has 0 amide bonds. The van der Waals surface area contributed by atoms with Crippen LogP contribution in [-0.4, -0.2) is 21.9 Å². The van der Waals surface area contributed by atoms with Gasteiger partial charge in [-0.15, -0.1) is 0 Å². The molecule has 0 saturated carbocycles. The molecule has 0 unspecified atom stereocenters. The summed E-state index contributed by atoms with van der Waals surface area (Å²) in [6.45, 7) is 0. The summed E-state index contributed by atoms with van der Waals surface area (Å²) in [6, 6.07) is 0. The zero-order chi connectivity index (χ0) is 0. The fourth-order valence-corrected chi connectivity index (χ4v) is 0. The molecule has 0 spiro atoms. The van der Waals surface area contributed by atoms with Crippen molar-refractivity contribution in [1.29, 1.82) is 0 Å². The summed E-state index contributed by atoms with van der Waals surface area (Å²) in [7, 11) is 0. The van der Waals surface area contributed by atoms with Crippen LogP contribution in [0, 0.1) is 0 Å². The van der Waals surface area contributed by atoms with Gasteiger partial charge in [0.1, 0.15) is 0 Å². The van der Waals surface area contributed by atoms with Crippen LogP contribution in [0.15, 0.2) is 0 Å². The molecule has 0 atom stereocenters. The molecule has 0 aromatic rings. The minimum absolute atomic E-state index is 0. The zero-order valence-electron chi connectivity index (χ0n) is 3.01. The normalized spacial score (nSPS) is 0. The molecule has 0 bridgehead atoms. The first-order chi connectivity index (χ1) is 0. The molecule has 0 aromatic carbocycles. The van der Waals surface area contributed by atoms with E-state index in [4.69, 9.17) is 0 Å². The van der Waals surface area contributed by atoms with E-state index in [1.54, 1.807) is 0 Å².